The number of aromatic carboxylic acids is 1. The van der Waals surface area contributed by atoms with E-state index >= 15 is 0 Å². The molecule has 0 saturated carbocycles. The molecule has 0 bridgehead atoms. The van der Waals surface area contributed by atoms with Crippen molar-refractivity contribution in [1.82, 2.24) is 10.6 Å². The van der Waals surface area contributed by atoms with Crippen LogP contribution in [0, 0.1) is 0 Å². The van der Waals surface area contributed by atoms with Gasteiger partial charge in [0.05, 0.1) is 18.4 Å². The highest BCUT2D eigenvalue weighted by Crippen LogP contribution is 2.22. The number of hydrogen-bond donors (Lipinski definition) is 4. The Balaban J connectivity index is 2.59. The summed E-state index contributed by atoms with van der Waals surface area (Å²) in [6, 6.07) is 3.95. The van der Waals surface area contributed by atoms with Crippen LogP contribution in [0.2, 0.25) is 0 Å². The molecule has 0 radical (unpaired) electrons. The van der Waals surface area contributed by atoms with Gasteiger partial charge in [0.25, 0.3) is 0 Å². The molecule has 21 heavy (non-hydrogen) atoms. The molecule has 0 aromatic heterocycles. The molecule has 2 amide bonds. The minimum atomic E-state index is -1.11. The van der Waals surface area contributed by atoms with Gasteiger partial charge < -0.3 is 25.8 Å². The Labute approximate surface area is 123 Å². The summed E-state index contributed by atoms with van der Waals surface area (Å²) in [6.45, 7) is 4.22. The average molecular weight is 295 g/mol. The molecule has 0 atom stereocenters. The third-order valence-electron chi connectivity index (χ3n) is 2.77. The van der Waals surface area contributed by atoms with E-state index in [0.717, 1.165) is 19.5 Å². The quantitative estimate of drug-likeness (QED) is 0.545. The van der Waals surface area contributed by atoms with E-state index in [-0.39, 0.29) is 11.3 Å². The van der Waals surface area contributed by atoms with E-state index in [2.05, 4.69) is 16.0 Å². The Morgan fingerprint density at radius 2 is 2.05 bits per heavy atom. The van der Waals surface area contributed by atoms with Gasteiger partial charge in [0.2, 0.25) is 0 Å². The lowest BCUT2D eigenvalue weighted by atomic mass is 10.1. The van der Waals surface area contributed by atoms with E-state index in [1.54, 1.807) is 0 Å². The van der Waals surface area contributed by atoms with Gasteiger partial charge in [0.1, 0.15) is 5.75 Å². The van der Waals surface area contributed by atoms with Crippen molar-refractivity contribution in [2.75, 3.05) is 32.1 Å². The third kappa shape index (κ3) is 5.70. The summed E-state index contributed by atoms with van der Waals surface area (Å²) >= 11 is 0. The van der Waals surface area contributed by atoms with Gasteiger partial charge >= 0.3 is 12.0 Å². The lowest BCUT2D eigenvalue weighted by Gasteiger charge is -2.11. The molecule has 1 aromatic carbocycles. The number of amides is 2. The molecule has 0 aliphatic carbocycles. The van der Waals surface area contributed by atoms with E-state index in [1.807, 2.05) is 6.92 Å². The fourth-order valence-electron chi connectivity index (χ4n) is 1.70. The number of anilines is 1. The van der Waals surface area contributed by atoms with Gasteiger partial charge in [-0.25, -0.2) is 9.59 Å². The van der Waals surface area contributed by atoms with Crippen LogP contribution >= 0.6 is 0 Å². The zero-order valence-electron chi connectivity index (χ0n) is 12.2. The van der Waals surface area contributed by atoms with E-state index in [0.29, 0.717) is 12.3 Å². The van der Waals surface area contributed by atoms with E-state index < -0.39 is 12.0 Å². The summed E-state index contributed by atoms with van der Waals surface area (Å²) in [5.41, 5.74) is 0.213. The second-order valence-electron chi connectivity index (χ2n) is 4.30. The molecule has 4 N–H and O–H groups in total. The van der Waals surface area contributed by atoms with Gasteiger partial charge in [-0.1, -0.05) is 6.92 Å². The molecule has 1 aromatic rings. The lowest BCUT2D eigenvalue weighted by Crippen LogP contribution is -2.31. The standard InChI is InChI=1S/C14H21N3O4/c1-3-15-7-4-8-16-14(20)17-12-9-10(21-2)5-6-11(12)13(18)19/h5-6,9,15H,3-4,7-8H2,1-2H3,(H,18,19)(H2,16,17,20). The van der Waals surface area contributed by atoms with E-state index in [9.17, 15) is 9.59 Å². The SMILES string of the molecule is CCNCCCNC(=O)Nc1cc(OC)ccc1C(=O)O. The van der Waals surface area contributed by atoms with Crippen molar-refractivity contribution in [2.24, 2.45) is 0 Å². The van der Waals surface area contributed by atoms with Crippen molar-refractivity contribution in [3.05, 3.63) is 23.8 Å². The molecule has 0 aliphatic rings. The number of hydrogen-bond acceptors (Lipinski definition) is 4. The summed E-state index contributed by atoms with van der Waals surface area (Å²) in [5.74, 6) is -0.637. The maximum absolute atomic E-state index is 11.7. The monoisotopic (exact) mass is 295 g/mol. The molecule has 0 aliphatic heterocycles. The number of urea groups is 1. The van der Waals surface area contributed by atoms with E-state index in [4.69, 9.17) is 9.84 Å². The summed E-state index contributed by atoms with van der Waals surface area (Å²) in [7, 11) is 1.47. The molecule has 7 heteroatoms. The molecular weight excluding hydrogens is 274 g/mol. The van der Waals surface area contributed by atoms with Gasteiger partial charge in [-0.3, -0.25) is 0 Å². The third-order valence-corrected chi connectivity index (χ3v) is 2.77. The van der Waals surface area contributed by atoms with Crippen LogP contribution in [0.4, 0.5) is 10.5 Å². The molecule has 116 valence electrons. The highest BCUT2D eigenvalue weighted by atomic mass is 16.5. The predicted molar refractivity (Wildman–Crippen MR) is 80.1 cm³/mol. The van der Waals surface area contributed by atoms with Crippen molar-refractivity contribution >= 4 is 17.7 Å². The molecule has 0 unspecified atom stereocenters. The van der Waals surface area contributed by atoms with Crippen LogP contribution in [0.3, 0.4) is 0 Å². The predicted octanol–water partition coefficient (Wildman–Crippen LogP) is 1.51. The molecule has 0 fully saturated rings. The Morgan fingerprint density at radius 1 is 1.29 bits per heavy atom. The van der Waals surface area contributed by atoms with Crippen LogP contribution in [-0.2, 0) is 0 Å². The Morgan fingerprint density at radius 3 is 2.67 bits per heavy atom. The molecule has 7 nitrogen and oxygen atoms in total. The van der Waals surface area contributed by atoms with Crippen LogP contribution in [0.1, 0.15) is 23.7 Å². The van der Waals surface area contributed by atoms with Gasteiger partial charge in [-0.05, 0) is 31.6 Å². The smallest absolute Gasteiger partial charge is 0.337 e. The van der Waals surface area contributed by atoms with Crippen LogP contribution in [0.5, 0.6) is 5.75 Å². The van der Waals surface area contributed by atoms with Crippen LogP contribution in [0.25, 0.3) is 0 Å². The first-order chi connectivity index (χ1) is 10.1. The lowest BCUT2D eigenvalue weighted by molar-refractivity contribution is 0.0698. The topological polar surface area (TPSA) is 99.7 Å². The van der Waals surface area contributed by atoms with Crippen molar-refractivity contribution < 1.29 is 19.4 Å². The summed E-state index contributed by atoms with van der Waals surface area (Å²) in [6.07, 6.45) is 0.797. The van der Waals surface area contributed by atoms with Gasteiger partial charge in [-0.2, -0.15) is 0 Å². The minimum absolute atomic E-state index is 0.0126. The zero-order chi connectivity index (χ0) is 15.7. The van der Waals surface area contributed by atoms with Crippen LogP contribution in [-0.4, -0.2) is 43.9 Å². The molecule has 0 saturated heterocycles. The molecule has 1 rings (SSSR count). The Kier molecular flexibility index (Phi) is 7.03. The van der Waals surface area contributed by atoms with Crippen molar-refractivity contribution in [3.63, 3.8) is 0 Å². The molecular formula is C14H21N3O4. The van der Waals surface area contributed by atoms with Gasteiger partial charge in [0.15, 0.2) is 0 Å². The Hall–Kier alpha value is -2.28. The number of carboxylic acids is 1. The first kappa shape index (κ1) is 16.8. The maximum Gasteiger partial charge on any atom is 0.337 e. The second kappa shape index (κ2) is 8.80. The van der Waals surface area contributed by atoms with Crippen molar-refractivity contribution in [2.45, 2.75) is 13.3 Å². The normalized spacial score (nSPS) is 10.0. The average Bonchev–Trinajstić information content (AvgIpc) is 2.46. The number of carbonyl (C=O) groups excluding carboxylic acids is 1. The number of ether oxygens (including phenoxy) is 1. The summed E-state index contributed by atoms with van der Waals surface area (Å²) in [4.78, 5) is 22.9. The summed E-state index contributed by atoms with van der Waals surface area (Å²) < 4.78 is 5.02. The molecule has 0 spiro atoms. The first-order valence-corrected chi connectivity index (χ1v) is 6.75. The van der Waals surface area contributed by atoms with Gasteiger partial charge in [0, 0.05) is 12.6 Å². The first-order valence-electron chi connectivity index (χ1n) is 6.75. The number of carboxylic acid groups (broad SMARTS) is 1. The van der Waals surface area contributed by atoms with Crippen LogP contribution < -0.4 is 20.7 Å². The summed E-state index contributed by atoms with van der Waals surface area (Å²) in [5, 5.41) is 17.4. The fraction of sp³-hybridized carbons (Fsp3) is 0.429. The minimum Gasteiger partial charge on any atom is -0.497 e. The van der Waals surface area contributed by atoms with Crippen molar-refractivity contribution in [3.8, 4) is 5.75 Å². The molecule has 0 heterocycles. The maximum atomic E-state index is 11.7. The highest BCUT2D eigenvalue weighted by Gasteiger charge is 2.13. The zero-order valence-corrected chi connectivity index (χ0v) is 12.2. The second-order valence-corrected chi connectivity index (χ2v) is 4.30. The number of carbonyl (C=O) groups is 2. The number of rotatable bonds is 8. The number of benzene rings is 1. The number of methoxy groups -OCH3 is 1. The highest BCUT2D eigenvalue weighted by molar-refractivity contribution is 6.00. The fourth-order valence-corrected chi connectivity index (χ4v) is 1.70. The van der Waals surface area contributed by atoms with Gasteiger partial charge in [-0.15, -0.1) is 0 Å². The van der Waals surface area contributed by atoms with Crippen LogP contribution in [0.15, 0.2) is 18.2 Å². The largest absolute Gasteiger partial charge is 0.497 e. The Bertz CT molecular complexity index is 491. The van der Waals surface area contributed by atoms with E-state index in [1.165, 1.54) is 25.3 Å². The number of nitrogens with one attached hydrogen (secondary N) is 3. The van der Waals surface area contributed by atoms with Crippen molar-refractivity contribution in [1.29, 1.82) is 0 Å².